The maximum absolute atomic E-state index is 4.45. The van der Waals surface area contributed by atoms with Crippen molar-refractivity contribution in [1.82, 2.24) is 15.3 Å². The molecule has 2 rings (SSSR count). The number of nitrogens with zero attached hydrogens (tertiary/aromatic N) is 2. The lowest BCUT2D eigenvalue weighted by Crippen LogP contribution is -2.31. The first-order chi connectivity index (χ1) is 7.88. The second kappa shape index (κ2) is 5.94. The van der Waals surface area contributed by atoms with Crippen LogP contribution in [0.4, 0.5) is 0 Å². The first-order valence-corrected chi connectivity index (χ1v) is 6.39. The number of piperidine rings is 1. The topological polar surface area (TPSA) is 37.8 Å². The van der Waals surface area contributed by atoms with Gasteiger partial charge in [-0.15, -0.1) is 0 Å². The lowest BCUT2D eigenvalue weighted by atomic mass is 9.96. The summed E-state index contributed by atoms with van der Waals surface area (Å²) in [6, 6.07) is 0. The predicted octanol–water partition coefficient (Wildman–Crippen LogP) is 1.97. The van der Waals surface area contributed by atoms with Crippen molar-refractivity contribution in [3.8, 4) is 0 Å². The minimum atomic E-state index is 0.728. The van der Waals surface area contributed by atoms with Crippen molar-refractivity contribution in [2.24, 2.45) is 5.92 Å². The van der Waals surface area contributed by atoms with Gasteiger partial charge in [0, 0.05) is 18.8 Å². The van der Waals surface area contributed by atoms with Crippen molar-refractivity contribution in [2.75, 3.05) is 13.1 Å². The summed E-state index contributed by atoms with van der Waals surface area (Å²) in [5.74, 6) is 1.74. The lowest BCUT2D eigenvalue weighted by molar-refractivity contribution is 0.370. The number of nitrogens with one attached hydrogen (secondary N) is 1. The fourth-order valence-corrected chi connectivity index (χ4v) is 2.26. The minimum absolute atomic E-state index is 0.728. The van der Waals surface area contributed by atoms with Crippen molar-refractivity contribution in [3.63, 3.8) is 0 Å². The maximum Gasteiger partial charge on any atom is 0.128 e. The summed E-state index contributed by atoms with van der Waals surface area (Å²) in [6.45, 7) is 4.48. The van der Waals surface area contributed by atoms with E-state index in [1.165, 1.54) is 24.9 Å². The number of aryl methyl sites for hydroxylation is 1. The molecule has 3 heteroatoms. The number of hydrogen-bond acceptors (Lipinski definition) is 3. The van der Waals surface area contributed by atoms with E-state index in [0.717, 1.165) is 37.5 Å². The number of rotatable bonds is 4. The van der Waals surface area contributed by atoms with Crippen molar-refractivity contribution in [3.05, 3.63) is 23.8 Å². The Balaban J connectivity index is 1.88. The largest absolute Gasteiger partial charge is 0.316 e. The van der Waals surface area contributed by atoms with E-state index < -0.39 is 0 Å². The van der Waals surface area contributed by atoms with E-state index in [-0.39, 0.29) is 0 Å². The normalized spacial score (nSPS) is 20.9. The maximum atomic E-state index is 4.45. The second-order valence-corrected chi connectivity index (χ2v) is 4.67. The first kappa shape index (κ1) is 11.5. The van der Waals surface area contributed by atoms with Crippen LogP contribution in [0, 0.1) is 5.92 Å². The van der Waals surface area contributed by atoms with Gasteiger partial charge in [0.05, 0.1) is 0 Å². The molecular weight excluding hydrogens is 198 g/mol. The highest BCUT2D eigenvalue weighted by atomic mass is 14.9. The van der Waals surface area contributed by atoms with Gasteiger partial charge >= 0.3 is 0 Å². The van der Waals surface area contributed by atoms with Crippen LogP contribution >= 0.6 is 0 Å². The molecule has 1 aliphatic heterocycles. The minimum Gasteiger partial charge on any atom is -0.316 e. The zero-order valence-corrected chi connectivity index (χ0v) is 10.1. The van der Waals surface area contributed by atoms with Crippen molar-refractivity contribution in [1.29, 1.82) is 0 Å². The Morgan fingerprint density at radius 1 is 1.38 bits per heavy atom. The molecule has 1 aromatic rings. The summed E-state index contributed by atoms with van der Waals surface area (Å²) in [4.78, 5) is 8.91. The summed E-state index contributed by atoms with van der Waals surface area (Å²) in [7, 11) is 0. The molecule has 16 heavy (non-hydrogen) atoms. The SMILES string of the molecule is CCCc1cnc(CC2CCCNC2)nc1. The molecule has 0 aromatic carbocycles. The van der Waals surface area contributed by atoms with E-state index in [9.17, 15) is 0 Å². The van der Waals surface area contributed by atoms with Crippen LogP contribution in [0.3, 0.4) is 0 Å². The molecule has 1 atom stereocenters. The molecule has 0 bridgehead atoms. The van der Waals surface area contributed by atoms with Gasteiger partial charge in [0.2, 0.25) is 0 Å². The smallest absolute Gasteiger partial charge is 0.128 e. The van der Waals surface area contributed by atoms with Crippen molar-refractivity contribution < 1.29 is 0 Å². The van der Waals surface area contributed by atoms with Crippen LogP contribution < -0.4 is 5.32 Å². The Morgan fingerprint density at radius 3 is 2.81 bits per heavy atom. The highest BCUT2D eigenvalue weighted by Crippen LogP contribution is 2.14. The van der Waals surface area contributed by atoms with Gasteiger partial charge in [-0.1, -0.05) is 13.3 Å². The number of aromatic nitrogens is 2. The Kier molecular flexibility index (Phi) is 4.28. The van der Waals surface area contributed by atoms with Crippen LogP contribution in [0.2, 0.25) is 0 Å². The van der Waals surface area contributed by atoms with E-state index in [0.29, 0.717) is 0 Å². The van der Waals surface area contributed by atoms with E-state index >= 15 is 0 Å². The fraction of sp³-hybridized carbons (Fsp3) is 0.692. The Labute approximate surface area is 97.7 Å². The Morgan fingerprint density at radius 2 is 2.19 bits per heavy atom. The van der Waals surface area contributed by atoms with Gasteiger partial charge in [-0.25, -0.2) is 9.97 Å². The molecule has 2 heterocycles. The molecule has 88 valence electrons. The van der Waals surface area contributed by atoms with Gasteiger partial charge in [0.1, 0.15) is 5.82 Å². The van der Waals surface area contributed by atoms with Crippen molar-refractivity contribution in [2.45, 2.75) is 39.0 Å². The van der Waals surface area contributed by atoms with E-state index in [4.69, 9.17) is 0 Å². The van der Waals surface area contributed by atoms with Gasteiger partial charge in [0.25, 0.3) is 0 Å². The number of hydrogen-bond donors (Lipinski definition) is 1. The molecule has 1 saturated heterocycles. The summed E-state index contributed by atoms with van der Waals surface area (Å²) in [5.41, 5.74) is 1.26. The average molecular weight is 219 g/mol. The zero-order chi connectivity index (χ0) is 11.2. The van der Waals surface area contributed by atoms with Crippen LogP contribution in [0.15, 0.2) is 12.4 Å². The highest BCUT2D eigenvalue weighted by Gasteiger charge is 2.14. The average Bonchev–Trinajstić information content (AvgIpc) is 2.33. The first-order valence-electron chi connectivity index (χ1n) is 6.39. The Bertz CT molecular complexity index is 301. The van der Waals surface area contributed by atoms with Gasteiger partial charge in [-0.3, -0.25) is 0 Å². The summed E-state index contributed by atoms with van der Waals surface area (Å²) >= 11 is 0. The third kappa shape index (κ3) is 3.27. The quantitative estimate of drug-likeness (QED) is 0.841. The third-order valence-corrected chi connectivity index (χ3v) is 3.17. The zero-order valence-electron chi connectivity index (χ0n) is 10.1. The summed E-state index contributed by atoms with van der Waals surface area (Å²) < 4.78 is 0. The Hall–Kier alpha value is -0.960. The standard InChI is InChI=1S/C13H21N3/c1-2-4-12-9-15-13(16-10-12)7-11-5-3-6-14-8-11/h9-11,14H,2-8H2,1H3. The molecule has 0 aliphatic carbocycles. The van der Waals surface area contributed by atoms with Crippen LogP contribution in [-0.4, -0.2) is 23.1 Å². The molecule has 1 fully saturated rings. The van der Waals surface area contributed by atoms with Crippen molar-refractivity contribution >= 4 is 0 Å². The second-order valence-electron chi connectivity index (χ2n) is 4.67. The molecule has 1 N–H and O–H groups in total. The van der Waals surface area contributed by atoms with Gasteiger partial charge in [0.15, 0.2) is 0 Å². The third-order valence-electron chi connectivity index (χ3n) is 3.17. The van der Waals surface area contributed by atoms with Crippen LogP contribution in [0.1, 0.15) is 37.6 Å². The fourth-order valence-electron chi connectivity index (χ4n) is 2.26. The van der Waals surface area contributed by atoms with Gasteiger partial charge < -0.3 is 5.32 Å². The van der Waals surface area contributed by atoms with E-state index in [2.05, 4.69) is 22.2 Å². The monoisotopic (exact) mass is 219 g/mol. The summed E-state index contributed by atoms with van der Waals surface area (Å²) in [5, 5.41) is 3.43. The molecule has 1 aliphatic rings. The molecule has 0 saturated carbocycles. The molecule has 3 nitrogen and oxygen atoms in total. The molecule has 0 amide bonds. The van der Waals surface area contributed by atoms with Crippen LogP contribution in [0.5, 0.6) is 0 Å². The lowest BCUT2D eigenvalue weighted by Gasteiger charge is -2.21. The molecular formula is C13H21N3. The van der Waals surface area contributed by atoms with Crippen LogP contribution in [-0.2, 0) is 12.8 Å². The van der Waals surface area contributed by atoms with E-state index in [1.807, 2.05) is 12.4 Å². The van der Waals surface area contributed by atoms with E-state index in [1.54, 1.807) is 0 Å². The molecule has 0 spiro atoms. The van der Waals surface area contributed by atoms with Crippen LogP contribution in [0.25, 0.3) is 0 Å². The summed E-state index contributed by atoms with van der Waals surface area (Å²) in [6.07, 6.45) is 9.86. The predicted molar refractivity (Wildman–Crippen MR) is 65.3 cm³/mol. The molecule has 0 radical (unpaired) electrons. The van der Waals surface area contributed by atoms with Gasteiger partial charge in [-0.05, 0) is 43.8 Å². The van der Waals surface area contributed by atoms with Gasteiger partial charge in [-0.2, -0.15) is 0 Å². The molecule has 1 aromatic heterocycles. The molecule has 1 unspecified atom stereocenters. The highest BCUT2D eigenvalue weighted by molar-refractivity contribution is 5.05.